The molecule has 0 aliphatic rings. The third-order valence-electron chi connectivity index (χ3n) is 1.30. The minimum absolute atomic E-state index is 0. The summed E-state index contributed by atoms with van der Waals surface area (Å²) in [5.41, 5.74) is 10.3. The van der Waals surface area contributed by atoms with E-state index in [1.807, 2.05) is 0 Å². The zero-order valence-corrected chi connectivity index (χ0v) is 17.4. The zero-order chi connectivity index (χ0) is 13.9. The summed E-state index contributed by atoms with van der Waals surface area (Å²) in [6.07, 6.45) is 0. The van der Waals surface area contributed by atoms with Crippen LogP contribution in [0.3, 0.4) is 0 Å². The van der Waals surface area contributed by atoms with E-state index in [2.05, 4.69) is 0 Å². The first kappa shape index (κ1) is 34.1. The fraction of sp³-hybridized carbons (Fsp3) is 1.00. The van der Waals surface area contributed by atoms with Crippen LogP contribution < -0.4 is 17.6 Å². The van der Waals surface area contributed by atoms with Gasteiger partial charge in [-0.15, -0.1) is 47.2 Å². The molecule has 7 N–H and O–H groups in total. The van der Waals surface area contributed by atoms with Crippen molar-refractivity contribution < 1.29 is 37.5 Å². The molecule has 0 saturated carbocycles. The van der Waals surface area contributed by atoms with Gasteiger partial charge in [-0.25, -0.2) is 0 Å². The maximum atomic E-state index is 5.31. The topological polar surface area (TPSA) is 124 Å². The van der Waals surface area contributed by atoms with Gasteiger partial charge in [0, 0.05) is 43.4 Å². The maximum absolute atomic E-state index is 5.31. The monoisotopic (exact) mass is 502 g/mol. The second kappa shape index (κ2) is 37.7. The van der Waals surface area contributed by atoms with Gasteiger partial charge in [-0.05, 0) is 0 Å². The summed E-state index contributed by atoms with van der Waals surface area (Å²) in [6.45, 7) is 3.81. The van der Waals surface area contributed by atoms with Gasteiger partial charge >= 0.3 is 0 Å². The van der Waals surface area contributed by atoms with Crippen LogP contribution in [0.4, 0.5) is 0 Å². The van der Waals surface area contributed by atoms with Crippen LogP contribution in [0.15, 0.2) is 0 Å². The van der Waals surface area contributed by atoms with Crippen molar-refractivity contribution in [3.63, 3.8) is 0 Å². The van der Waals surface area contributed by atoms with Crippen molar-refractivity contribution in [3.8, 4) is 0 Å². The van der Waals surface area contributed by atoms with Gasteiger partial charge in [0.15, 0.2) is 0 Å². The number of halogens is 3. The molecule has 0 saturated heterocycles. The number of hydrogen-bond acceptors (Lipinski definition) is 7. The zero-order valence-electron chi connectivity index (χ0n) is 12.2. The van der Waals surface area contributed by atoms with Gasteiger partial charge in [-0.2, -0.15) is 0 Å². The van der Waals surface area contributed by atoms with Crippen LogP contribution in [0.25, 0.3) is 0 Å². The van der Waals surface area contributed by atoms with Crippen molar-refractivity contribution >= 4 is 47.2 Å². The molecule has 0 bridgehead atoms. The molecule has 0 aromatic rings. The third-order valence-corrected chi connectivity index (χ3v) is 1.61. The fourth-order valence-corrected chi connectivity index (χ4v) is 0.848. The van der Waals surface area contributed by atoms with E-state index in [4.69, 9.17) is 53.6 Å². The fourth-order valence-electron chi connectivity index (χ4n) is 0.629. The molecular weight excluding hydrogens is 475 g/mol. The molecule has 0 heterocycles. The largest absolute Gasteiger partial charge is 0.354 e. The van der Waals surface area contributed by atoms with Crippen LogP contribution in [0.2, 0.25) is 0 Å². The van der Waals surface area contributed by atoms with Crippen molar-refractivity contribution in [1.82, 2.24) is 6.15 Å². The molecule has 21 heavy (non-hydrogen) atoms. The number of ether oxygens (including phenoxy) is 4. The first-order valence-electron chi connectivity index (χ1n) is 5.66. The first-order chi connectivity index (χ1) is 8.83. The molecule has 0 spiro atoms. The predicted octanol–water partition coefficient (Wildman–Crippen LogP) is 1.13. The van der Waals surface area contributed by atoms with Crippen molar-refractivity contribution in [2.75, 3.05) is 64.9 Å². The molecule has 1 radical (unpaired) electrons. The first-order valence-corrected chi connectivity index (χ1v) is 6.73. The van der Waals surface area contributed by atoms with E-state index in [0.717, 1.165) is 0 Å². The Kier molecular flexibility index (Phi) is 61.1. The van der Waals surface area contributed by atoms with Crippen LogP contribution in [0.1, 0.15) is 0 Å². The molecule has 0 fully saturated rings. The van der Waals surface area contributed by atoms with Gasteiger partial charge in [0.1, 0.15) is 13.6 Å². The Hall–Kier alpha value is 1.61. The molecule has 0 aliphatic carbocycles. The minimum Gasteiger partial charge on any atom is -0.354 e. The molecular formula is C10H28Cl2IN3O4V. The Morgan fingerprint density at radius 3 is 1.19 bits per heavy atom. The number of hydrogen-bond donors (Lipinski definition) is 3. The number of nitrogens with two attached hydrogens (primary N) is 2. The quantitative estimate of drug-likeness (QED) is 0.158. The van der Waals surface area contributed by atoms with E-state index in [9.17, 15) is 0 Å². The van der Waals surface area contributed by atoms with Gasteiger partial charge < -0.3 is 36.6 Å². The summed E-state index contributed by atoms with van der Waals surface area (Å²) < 4.78 is 19.5. The van der Waals surface area contributed by atoms with Gasteiger partial charge in [-0.1, -0.05) is 0 Å². The van der Waals surface area contributed by atoms with Gasteiger partial charge in [0.2, 0.25) is 0 Å². The summed E-state index contributed by atoms with van der Waals surface area (Å²) in [7, 11) is 0. The number of rotatable bonds is 12. The Balaban J connectivity index is -0.0000000711. The van der Waals surface area contributed by atoms with Crippen LogP contribution >= 0.6 is 47.2 Å². The molecule has 7 nitrogen and oxygen atoms in total. The van der Waals surface area contributed by atoms with Crippen LogP contribution in [0.5, 0.6) is 0 Å². The molecule has 133 valence electrons. The molecule has 0 amide bonds. The van der Waals surface area contributed by atoms with E-state index >= 15 is 0 Å². The van der Waals surface area contributed by atoms with E-state index in [-0.39, 0.29) is 48.7 Å². The molecule has 0 aliphatic heterocycles. The predicted molar refractivity (Wildman–Crippen MR) is 93.5 cm³/mol. The summed E-state index contributed by atoms with van der Waals surface area (Å²) in [6, 6.07) is 0. The molecule has 11 heteroatoms. The summed E-state index contributed by atoms with van der Waals surface area (Å²) in [5.74, 6) is 1.01. The van der Waals surface area contributed by atoms with Crippen molar-refractivity contribution in [2.24, 2.45) is 11.5 Å². The van der Waals surface area contributed by atoms with E-state index in [0.29, 0.717) is 64.9 Å². The Labute approximate surface area is 166 Å². The van der Waals surface area contributed by atoms with Crippen molar-refractivity contribution in [3.05, 3.63) is 0 Å². The minimum atomic E-state index is 0. The maximum Gasteiger partial charge on any atom is 0.146 e. The Morgan fingerprint density at radius 1 is 0.667 bits per heavy atom. The van der Waals surface area contributed by atoms with Crippen LogP contribution in [-0.2, 0) is 37.5 Å². The van der Waals surface area contributed by atoms with Crippen molar-refractivity contribution in [1.29, 1.82) is 0 Å². The third kappa shape index (κ3) is 44.9. The van der Waals surface area contributed by atoms with E-state index < -0.39 is 0 Å². The van der Waals surface area contributed by atoms with Crippen molar-refractivity contribution in [2.45, 2.75) is 0 Å². The molecule has 0 rings (SSSR count). The second-order valence-corrected chi connectivity index (χ2v) is 3.58. The normalized spacial score (nSPS) is 8.57. The SMILES string of the molecule is ClCCOCOCCCl.I.N.NCCOCOCCN.[V]. The van der Waals surface area contributed by atoms with Gasteiger partial charge in [-0.3, -0.25) is 0 Å². The Bertz CT molecular complexity index is 125. The van der Waals surface area contributed by atoms with E-state index in [1.165, 1.54) is 0 Å². The standard InChI is InChI=1S/C5H10Cl2O2.C5H14N2O2.HI.H3N.V/c2*6-1-3-8-5-9-4-2-7;;;/h1-5H2;1-7H2;1H;1H3;. The summed E-state index contributed by atoms with van der Waals surface area (Å²) in [5, 5.41) is 0. The van der Waals surface area contributed by atoms with Gasteiger partial charge in [0.05, 0.1) is 26.4 Å². The van der Waals surface area contributed by atoms with Crippen LogP contribution in [0, 0.1) is 0 Å². The van der Waals surface area contributed by atoms with Gasteiger partial charge in [0.25, 0.3) is 0 Å². The average Bonchev–Trinajstić information content (AvgIpc) is 2.39. The molecule has 0 atom stereocenters. The smallest absolute Gasteiger partial charge is 0.146 e. The van der Waals surface area contributed by atoms with E-state index in [1.54, 1.807) is 0 Å². The molecule has 0 aromatic carbocycles. The molecule has 0 aromatic heterocycles. The molecule has 0 unspecified atom stereocenters. The number of alkyl halides is 2. The average molecular weight is 503 g/mol. The second-order valence-electron chi connectivity index (χ2n) is 2.82. The summed E-state index contributed by atoms with van der Waals surface area (Å²) >= 11 is 10.6. The Morgan fingerprint density at radius 2 is 0.952 bits per heavy atom. The summed E-state index contributed by atoms with van der Waals surface area (Å²) in [4.78, 5) is 0. The van der Waals surface area contributed by atoms with Crippen LogP contribution in [-0.4, -0.2) is 64.9 Å².